The molecule has 8 N–H and O–H groups in total. The summed E-state index contributed by atoms with van der Waals surface area (Å²) in [5.41, 5.74) is 4.52. The molecule has 2 saturated heterocycles. The van der Waals surface area contributed by atoms with Crippen molar-refractivity contribution in [3.8, 4) is 0 Å². The van der Waals surface area contributed by atoms with E-state index in [-0.39, 0.29) is 133 Å². The second-order valence-corrected chi connectivity index (χ2v) is 35.4. The molecule has 0 spiro atoms. The lowest BCUT2D eigenvalue weighted by molar-refractivity contribution is -0.384. The molecule has 124 heavy (non-hydrogen) atoms. The van der Waals surface area contributed by atoms with Crippen molar-refractivity contribution in [2.45, 2.75) is 210 Å². The number of H-pyrrole nitrogens is 4. The summed E-state index contributed by atoms with van der Waals surface area (Å²) in [4.78, 5) is 172. The fourth-order valence-corrected chi connectivity index (χ4v) is 13.3. The number of nitro groups is 1. The lowest BCUT2D eigenvalue weighted by atomic mass is 9.86. The summed E-state index contributed by atoms with van der Waals surface area (Å²) in [6.07, 6.45) is 5.46. The highest BCUT2D eigenvalue weighted by Gasteiger charge is 2.43. The van der Waals surface area contributed by atoms with Gasteiger partial charge in [-0.25, -0.2) is 9.97 Å². The van der Waals surface area contributed by atoms with Crippen molar-refractivity contribution in [3.63, 3.8) is 0 Å². The van der Waals surface area contributed by atoms with Gasteiger partial charge in [-0.1, -0.05) is 169 Å². The van der Waals surface area contributed by atoms with Gasteiger partial charge in [-0.05, 0) is 112 Å². The number of nitrogens with zero attached hydrogens (tertiary/aromatic N) is 7. The number of anilines is 1. The standard InChI is InChI=1S/C17H21N3O4.C14H23NO2S.C13H21N3O3.C13H14N2O2.C12H16N2O3.C12H14N2O.C9H14N2O.2CH4/c1-11(2)14(21)7-9-24-10-8-18-16(22)15-17(23)20-13-6-4-3-5-12(13)19-15;1-9(2)11(16)5-3-4-6-12-14-10(8-18-12)7-13(17)15-14;1-9(2)12(17)4-6-19-7-5-14-13(18)11-8-10(3)15-16-11;1-13(2,3)11(16)10-12(17)15-9-7-5-4-6-8(9)14-10;1-8(2)12(15)7-13-10-5-4-9(3)6-11(10)14(16)17;1-12(2,3)11(15)8-4-5-9-10(6-8)14-7-13-9;1-6-5-7(11-10-6)8(12)9(2,3)4;;/h3-6,11H,7-10H2,1-2H3,(H,18,22)(H,20,23);9-10,12,14H,3-8H2,1-2H3,(H,15,17);8-9H,4-7H2,1-3H3,(H,14,18)(H,15,16);4-7H,1-3H3,(H,15,17);4-6,8,13H,7H2,1-3H3;4-6H,7H2,1-3H3;5H,1-4H3,(H,10,11);2*1H4. The van der Waals surface area contributed by atoms with Gasteiger partial charge in [-0.3, -0.25) is 87.8 Å². The highest BCUT2D eigenvalue weighted by Crippen LogP contribution is 2.39. The highest BCUT2D eigenvalue weighted by atomic mass is 32.2. The number of aryl methyl sites for hydroxylation is 3. The number of Topliss-reactive ketones (excluding diaryl/α,β-unsaturated/α-hetero) is 7. The molecule has 0 bridgehead atoms. The van der Waals surface area contributed by atoms with E-state index in [1.54, 1.807) is 102 Å². The molecule has 0 saturated carbocycles. The van der Waals surface area contributed by atoms with Gasteiger partial charge in [0, 0.05) is 113 Å². The number of nitro benzene ring substituents is 1. The Morgan fingerprint density at radius 2 is 1.03 bits per heavy atom. The number of hydrogen-bond acceptors (Lipinski definition) is 24. The van der Waals surface area contributed by atoms with Gasteiger partial charge in [0.05, 0.1) is 70.7 Å². The SMILES string of the molecule is C.C.CC(C)(C)C(=O)c1ccc2c(c1)=NCN=2.CC(C)(C)C(=O)c1nc2ccccc2[nH]c1=O.CC(C)C(=O)CCCCC1SCC2CC(=O)NC21.CC(C)C(=O)CCOCCNC(=O)c1nc2ccccc2[nH]c1=O.Cc1cc(C(=O)C(C)(C)C)n[nH]1.Cc1cc(C(=O)NCCOCCC(=O)C(C)C)n[nH]1.Cc1ccc(NCC(=O)C(C)C)c([N+](=O)[O-])c1. The Bertz CT molecular complexity index is 5200. The largest absolute Gasteiger partial charge is 0.379 e. The average molecular weight is 1740 g/mol. The van der Waals surface area contributed by atoms with Crippen molar-refractivity contribution in [2.75, 3.05) is 63.8 Å². The van der Waals surface area contributed by atoms with E-state index in [0.717, 1.165) is 71.1 Å². The Balaban J connectivity index is 0.000000375. The van der Waals surface area contributed by atoms with Crippen LogP contribution < -0.4 is 43.1 Å². The van der Waals surface area contributed by atoms with E-state index in [1.807, 2.05) is 139 Å². The number of fused-ring (bicyclic) bond motifs is 4. The van der Waals surface area contributed by atoms with Crippen molar-refractivity contribution in [1.82, 2.24) is 56.3 Å². The van der Waals surface area contributed by atoms with Crippen molar-refractivity contribution in [1.29, 1.82) is 0 Å². The van der Waals surface area contributed by atoms with Crippen LogP contribution in [0.3, 0.4) is 0 Å². The number of carbonyl (C=O) groups is 10. The van der Waals surface area contributed by atoms with Gasteiger partial charge in [-0.2, -0.15) is 22.0 Å². The predicted octanol–water partition coefficient (Wildman–Crippen LogP) is 13.8. The molecule has 4 aromatic heterocycles. The number of benzene rings is 4. The summed E-state index contributed by atoms with van der Waals surface area (Å²) >= 11 is 2.00. The minimum Gasteiger partial charge on any atom is -0.379 e. The third kappa shape index (κ3) is 35.5. The van der Waals surface area contributed by atoms with E-state index < -0.39 is 27.4 Å². The lowest BCUT2D eigenvalue weighted by Gasteiger charge is -2.17. The third-order valence-corrected chi connectivity index (χ3v) is 20.6. The number of ether oxygens (including phenoxy) is 2. The van der Waals surface area contributed by atoms with Crippen molar-refractivity contribution in [2.24, 2.45) is 55.8 Å². The van der Waals surface area contributed by atoms with Gasteiger partial charge < -0.3 is 40.7 Å². The third-order valence-electron chi connectivity index (χ3n) is 19.1. The lowest BCUT2D eigenvalue weighted by Crippen LogP contribution is -2.34. The number of aromatic amines is 4. The second-order valence-electron chi connectivity index (χ2n) is 34.2. The maximum Gasteiger partial charge on any atom is 0.292 e. The van der Waals surface area contributed by atoms with E-state index in [4.69, 9.17) is 9.47 Å². The molecule has 3 aliphatic heterocycles. The summed E-state index contributed by atoms with van der Waals surface area (Å²) in [5, 5.41) is 37.5. The van der Waals surface area contributed by atoms with Crippen LogP contribution in [0.15, 0.2) is 117 Å². The number of aromatic nitrogens is 8. The van der Waals surface area contributed by atoms with Gasteiger partial charge in [0.25, 0.3) is 28.6 Å². The Morgan fingerprint density at radius 1 is 0.548 bits per heavy atom. The molecule has 676 valence electrons. The topological polar surface area (TPSA) is 454 Å². The van der Waals surface area contributed by atoms with Crippen molar-refractivity contribution < 1.29 is 62.3 Å². The van der Waals surface area contributed by atoms with E-state index in [9.17, 15) is 67.6 Å². The molecule has 7 heterocycles. The van der Waals surface area contributed by atoms with Gasteiger partial charge in [0.15, 0.2) is 34.5 Å². The maximum absolute atomic E-state index is 12.0. The predicted molar refractivity (Wildman–Crippen MR) is 486 cm³/mol. The van der Waals surface area contributed by atoms with Crippen LogP contribution in [0, 0.1) is 76.7 Å². The number of unbranched alkanes of at least 4 members (excludes halogenated alkanes) is 1. The molecule has 32 heteroatoms. The van der Waals surface area contributed by atoms with Crippen LogP contribution in [0.1, 0.15) is 247 Å². The number of amides is 3. The maximum atomic E-state index is 12.0. The van der Waals surface area contributed by atoms with Crippen molar-refractivity contribution >= 4 is 103 Å². The quantitative estimate of drug-likeness (QED) is 0.00897. The Morgan fingerprint density at radius 3 is 1.53 bits per heavy atom. The summed E-state index contributed by atoms with van der Waals surface area (Å²) in [7, 11) is 0. The molecule has 3 amide bonds. The Hall–Kier alpha value is -11.2. The van der Waals surface area contributed by atoms with Crippen LogP contribution in [0.4, 0.5) is 11.4 Å². The fourth-order valence-electron chi connectivity index (χ4n) is 11.7. The van der Waals surface area contributed by atoms with Crippen LogP contribution in [0.2, 0.25) is 0 Å². The molecule has 4 aromatic carbocycles. The van der Waals surface area contributed by atoms with E-state index in [2.05, 4.69) is 71.6 Å². The fraction of sp³-hybridized carbons (Fsp3) is 0.522. The first-order chi connectivity index (χ1) is 57.3. The molecule has 3 aliphatic rings. The summed E-state index contributed by atoms with van der Waals surface area (Å²) < 4.78 is 10.6. The minimum absolute atomic E-state index is 0. The first-order valence-corrected chi connectivity index (χ1v) is 42.2. The first-order valence-electron chi connectivity index (χ1n) is 41.2. The van der Waals surface area contributed by atoms with Crippen molar-refractivity contribution in [3.05, 3.63) is 184 Å². The molecule has 11 rings (SSSR count). The van der Waals surface area contributed by atoms with Crippen LogP contribution in [0.5, 0.6) is 0 Å². The average Bonchev–Trinajstić information content (AvgIpc) is 1.35. The summed E-state index contributed by atoms with van der Waals surface area (Å²) in [6.45, 7) is 39.8. The van der Waals surface area contributed by atoms with E-state index >= 15 is 0 Å². The van der Waals surface area contributed by atoms with Gasteiger partial charge in [0.1, 0.15) is 41.1 Å². The number of rotatable bonds is 30. The molecule has 3 atom stereocenters. The molecular weight excluding hydrogens is 1600 g/mol. The Labute approximate surface area is 731 Å². The van der Waals surface area contributed by atoms with Gasteiger partial charge in [0.2, 0.25) is 5.91 Å². The minimum atomic E-state index is -0.609. The number of carbonyl (C=O) groups excluding carboxylic acids is 10. The first kappa shape index (κ1) is 107. The van der Waals surface area contributed by atoms with Gasteiger partial charge in [-0.15, -0.1) is 0 Å². The highest BCUT2D eigenvalue weighted by molar-refractivity contribution is 8.00. The normalized spacial score (nSPS) is 14.1. The van der Waals surface area contributed by atoms with Crippen LogP contribution in [0.25, 0.3) is 22.1 Å². The van der Waals surface area contributed by atoms with Gasteiger partial charge >= 0.3 is 0 Å². The molecule has 31 nitrogen and oxygen atoms in total. The zero-order chi connectivity index (χ0) is 90.9. The van der Waals surface area contributed by atoms with E-state index in [1.165, 1.54) is 6.07 Å². The number of hydrogen-bond donors (Lipinski definition) is 8. The molecule has 8 aromatic rings. The zero-order valence-electron chi connectivity index (χ0n) is 74.2. The second kappa shape index (κ2) is 51.1. The smallest absolute Gasteiger partial charge is 0.292 e. The van der Waals surface area contributed by atoms with E-state index in [0.29, 0.717) is 108 Å². The number of nitrogens with one attached hydrogen (secondary N) is 8. The molecule has 2 fully saturated rings. The number of thioether (sulfide) groups is 1. The Kier molecular flexibility index (Phi) is 44.1. The molecular formula is C92H131N15O16S. The van der Waals surface area contributed by atoms with Crippen LogP contribution >= 0.6 is 11.8 Å². The molecule has 0 radical (unpaired) electrons. The number of para-hydroxylation sites is 4. The summed E-state index contributed by atoms with van der Waals surface area (Å²) in [5.74, 6) is 1.98. The monoisotopic (exact) mass is 1730 g/mol. The molecule has 3 unspecified atom stereocenters. The van der Waals surface area contributed by atoms with Crippen LogP contribution in [-0.2, 0) is 33.4 Å². The summed E-state index contributed by atoms with van der Waals surface area (Å²) in [6, 6.07) is 28.4. The van der Waals surface area contributed by atoms with Crippen LogP contribution in [-0.4, -0.2) is 173 Å². The molecule has 0 aliphatic carbocycles. The number of ketones is 7. The zero-order valence-corrected chi connectivity index (χ0v) is 75.0.